The predicted octanol–water partition coefficient (Wildman–Crippen LogP) is 3.58. The lowest BCUT2D eigenvalue weighted by molar-refractivity contribution is 0.476. The van der Waals surface area contributed by atoms with Crippen LogP contribution in [-0.2, 0) is 0 Å². The average Bonchev–Trinajstić information content (AvgIpc) is 3.23. The van der Waals surface area contributed by atoms with E-state index in [2.05, 4.69) is 24.9 Å². The average molecular weight is 343 g/mol. The van der Waals surface area contributed by atoms with Gasteiger partial charge in [-0.05, 0) is 30.3 Å². The number of phenols is 2. The van der Waals surface area contributed by atoms with Crippen molar-refractivity contribution in [1.29, 1.82) is 0 Å². The van der Waals surface area contributed by atoms with Crippen LogP contribution in [0.15, 0.2) is 54.6 Å². The second kappa shape index (κ2) is 5.32. The number of fused-ring (bicyclic) bond motifs is 2. The third-order valence-electron chi connectivity index (χ3n) is 4.24. The van der Waals surface area contributed by atoms with Crippen LogP contribution in [0, 0.1) is 0 Å². The summed E-state index contributed by atoms with van der Waals surface area (Å²) in [6.45, 7) is 0. The molecular weight excluding hydrogens is 330 g/mol. The molecule has 0 aliphatic rings. The lowest BCUT2D eigenvalue weighted by atomic mass is 10.2. The van der Waals surface area contributed by atoms with Crippen LogP contribution in [-0.4, -0.2) is 35.1 Å². The summed E-state index contributed by atoms with van der Waals surface area (Å²) in [6.07, 6.45) is 0. The molecular formula is C19H13N5O2. The lowest BCUT2D eigenvalue weighted by Crippen LogP contribution is -1.82. The Kier molecular flexibility index (Phi) is 2.96. The Morgan fingerprint density at radius 3 is 1.54 bits per heavy atom. The molecule has 0 amide bonds. The number of hydrogen-bond donors (Lipinski definition) is 4. The molecule has 126 valence electrons. The molecule has 5 rings (SSSR count). The zero-order chi connectivity index (χ0) is 17.7. The fourth-order valence-corrected chi connectivity index (χ4v) is 2.97. The van der Waals surface area contributed by atoms with Gasteiger partial charge in [0, 0.05) is 0 Å². The summed E-state index contributed by atoms with van der Waals surface area (Å²) in [5.41, 5.74) is 3.68. The molecule has 2 aromatic carbocycles. The van der Waals surface area contributed by atoms with E-state index in [-0.39, 0.29) is 11.5 Å². The van der Waals surface area contributed by atoms with Gasteiger partial charge < -0.3 is 20.2 Å². The normalized spacial score (nSPS) is 11.4. The number of hydrogen-bond acceptors (Lipinski definition) is 5. The first-order valence-electron chi connectivity index (χ1n) is 8.02. The molecule has 0 aliphatic heterocycles. The van der Waals surface area contributed by atoms with Gasteiger partial charge in [0.15, 0.2) is 11.3 Å². The Morgan fingerprint density at radius 1 is 0.615 bits per heavy atom. The van der Waals surface area contributed by atoms with Crippen LogP contribution >= 0.6 is 0 Å². The third kappa shape index (κ3) is 2.18. The molecule has 7 heteroatoms. The molecule has 4 N–H and O–H groups in total. The van der Waals surface area contributed by atoms with Gasteiger partial charge in [-0.3, -0.25) is 0 Å². The quantitative estimate of drug-likeness (QED) is 0.391. The van der Waals surface area contributed by atoms with E-state index in [1.54, 1.807) is 36.4 Å². The number of nitrogens with one attached hydrogen (secondary N) is 2. The van der Waals surface area contributed by atoms with Crippen LogP contribution in [0.3, 0.4) is 0 Å². The molecule has 0 fully saturated rings. The number of phenolic OH excluding ortho intramolecular Hbond substituents is 2. The van der Waals surface area contributed by atoms with Crippen molar-refractivity contribution in [1.82, 2.24) is 24.9 Å². The monoisotopic (exact) mass is 343 g/mol. The number of benzene rings is 2. The van der Waals surface area contributed by atoms with E-state index in [9.17, 15) is 10.2 Å². The Balaban J connectivity index is 1.66. The maximum Gasteiger partial charge on any atom is 0.180 e. The minimum absolute atomic E-state index is 0.150. The minimum Gasteiger partial charge on any atom is -0.507 e. The summed E-state index contributed by atoms with van der Waals surface area (Å²) in [5, 5.41) is 20.0. The number of imidazole rings is 2. The highest BCUT2D eigenvalue weighted by Gasteiger charge is 2.14. The van der Waals surface area contributed by atoms with Crippen molar-refractivity contribution in [2.45, 2.75) is 0 Å². The van der Waals surface area contributed by atoms with Crippen molar-refractivity contribution >= 4 is 22.3 Å². The molecule has 3 heterocycles. The number of aromatic amines is 2. The minimum atomic E-state index is 0.150. The fraction of sp³-hybridized carbons (Fsp3) is 0. The smallest absolute Gasteiger partial charge is 0.180 e. The van der Waals surface area contributed by atoms with E-state index in [1.165, 1.54) is 0 Å². The maximum absolute atomic E-state index is 10.0. The first-order chi connectivity index (χ1) is 12.7. The van der Waals surface area contributed by atoms with Crippen LogP contribution in [0.5, 0.6) is 11.5 Å². The molecule has 5 aromatic rings. The third-order valence-corrected chi connectivity index (χ3v) is 4.24. The highest BCUT2D eigenvalue weighted by molar-refractivity contribution is 5.89. The van der Waals surface area contributed by atoms with Crippen molar-refractivity contribution < 1.29 is 10.2 Å². The van der Waals surface area contributed by atoms with Gasteiger partial charge in [-0.25, -0.2) is 15.0 Å². The van der Waals surface area contributed by atoms with E-state index in [0.29, 0.717) is 34.1 Å². The van der Waals surface area contributed by atoms with Gasteiger partial charge in [-0.2, -0.15) is 0 Å². The van der Waals surface area contributed by atoms with Crippen LogP contribution in [0.25, 0.3) is 45.1 Å². The van der Waals surface area contributed by atoms with Gasteiger partial charge in [-0.15, -0.1) is 0 Å². The van der Waals surface area contributed by atoms with Crippen molar-refractivity contribution in [3.05, 3.63) is 54.6 Å². The largest absolute Gasteiger partial charge is 0.507 e. The van der Waals surface area contributed by atoms with E-state index in [1.807, 2.05) is 18.2 Å². The summed E-state index contributed by atoms with van der Waals surface area (Å²) < 4.78 is 0. The van der Waals surface area contributed by atoms with Gasteiger partial charge in [0.05, 0.1) is 22.2 Å². The van der Waals surface area contributed by atoms with E-state index in [0.717, 1.165) is 11.0 Å². The number of aromatic nitrogens is 5. The molecule has 0 radical (unpaired) electrons. The van der Waals surface area contributed by atoms with Crippen molar-refractivity contribution in [3.8, 4) is 34.3 Å². The number of para-hydroxylation sites is 2. The highest BCUT2D eigenvalue weighted by Crippen LogP contribution is 2.30. The molecule has 0 saturated heterocycles. The van der Waals surface area contributed by atoms with Crippen molar-refractivity contribution in [2.75, 3.05) is 0 Å². The molecule has 0 unspecified atom stereocenters. The molecule has 0 spiro atoms. The van der Waals surface area contributed by atoms with E-state index < -0.39 is 0 Å². The van der Waals surface area contributed by atoms with Gasteiger partial charge in [-0.1, -0.05) is 24.3 Å². The second-order valence-electron chi connectivity index (χ2n) is 5.94. The number of nitrogens with zero attached hydrogens (tertiary/aromatic N) is 3. The summed E-state index contributed by atoms with van der Waals surface area (Å²) in [5.74, 6) is 1.38. The SMILES string of the molecule is Oc1ccccc1-c1nc2nc3nc(-c4ccccc4O)[nH]c3cc2[nH]1. The molecule has 0 atom stereocenters. The second-order valence-corrected chi connectivity index (χ2v) is 5.94. The van der Waals surface area contributed by atoms with E-state index >= 15 is 0 Å². The van der Waals surface area contributed by atoms with Crippen LogP contribution in [0.1, 0.15) is 0 Å². The van der Waals surface area contributed by atoms with Gasteiger partial charge in [0.25, 0.3) is 0 Å². The Labute approximate surface area is 147 Å². The summed E-state index contributed by atoms with van der Waals surface area (Å²) in [4.78, 5) is 19.8. The van der Waals surface area contributed by atoms with Gasteiger partial charge in [0.1, 0.15) is 23.1 Å². The number of rotatable bonds is 2. The molecule has 0 aliphatic carbocycles. The Morgan fingerprint density at radius 2 is 1.08 bits per heavy atom. The maximum atomic E-state index is 10.0. The lowest BCUT2D eigenvalue weighted by Gasteiger charge is -1.99. The first-order valence-corrected chi connectivity index (χ1v) is 8.02. The van der Waals surface area contributed by atoms with Gasteiger partial charge >= 0.3 is 0 Å². The van der Waals surface area contributed by atoms with Crippen LogP contribution in [0.2, 0.25) is 0 Å². The van der Waals surface area contributed by atoms with Crippen LogP contribution in [0.4, 0.5) is 0 Å². The van der Waals surface area contributed by atoms with E-state index in [4.69, 9.17) is 0 Å². The summed E-state index contributed by atoms with van der Waals surface area (Å²) in [6, 6.07) is 15.8. The zero-order valence-corrected chi connectivity index (χ0v) is 13.4. The molecule has 0 bridgehead atoms. The summed E-state index contributed by atoms with van der Waals surface area (Å²) >= 11 is 0. The fourth-order valence-electron chi connectivity index (χ4n) is 2.97. The molecule has 0 saturated carbocycles. The van der Waals surface area contributed by atoms with Crippen molar-refractivity contribution in [3.63, 3.8) is 0 Å². The standard InChI is InChI=1S/C19H13N5O2/c25-14-7-3-1-5-10(14)16-20-12-9-13-19(24-18(12)22-16)23-17(21-13)11-6-2-4-8-15(11)26/h1-9,25-26H,(H2,20,21,22,23,24). The Hall–Kier alpha value is -3.87. The molecule has 26 heavy (non-hydrogen) atoms. The molecule has 7 nitrogen and oxygen atoms in total. The van der Waals surface area contributed by atoms with Crippen LogP contribution < -0.4 is 0 Å². The van der Waals surface area contributed by atoms with Crippen molar-refractivity contribution in [2.24, 2.45) is 0 Å². The number of H-pyrrole nitrogens is 2. The number of aromatic hydroxyl groups is 2. The summed E-state index contributed by atoms with van der Waals surface area (Å²) in [7, 11) is 0. The topological polar surface area (TPSA) is 111 Å². The molecule has 3 aromatic heterocycles. The number of pyridine rings is 1. The first kappa shape index (κ1) is 14.5. The predicted molar refractivity (Wildman–Crippen MR) is 97.7 cm³/mol. The highest BCUT2D eigenvalue weighted by atomic mass is 16.3. The zero-order valence-electron chi connectivity index (χ0n) is 13.4. The Bertz CT molecular complexity index is 1130. The van der Waals surface area contributed by atoms with Gasteiger partial charge in [0.2, 0.25) is 0 Å².